The number of likely N-dealkylation sites (tertiary alicyclic amines) is 1. The molecule has 0 spiro atoms. The van der Waals surface area contributed by atoms with Crippen molar-refractivity contribution in [2.24, 2.45) is 5.10 Å². The van der Waals surface area contributed by atoms with Gasteiger partial charge in [-0.25, -0.2) is 9.99 Å². The van der Waals surface area contributed by atoms with Crippen molar-refractivity contribution in [3.05, 3.63) is 69.0 Å². The van der Waals surface area contributed by atoms with E-state index >= 15 is 0 Å². The molecule has 160 valence electrons. The van der Waals surface area contributed by atoms with Crippen LogP contribution in [0.5, 0.6) is 0 Å². The summed E-state index contributed by atoms with van der Waals surface area (Å²) in [6, 6.07) is 12.2. The monoisotopic (exact) mass is 435 g/mol. The van der Waals surface area contributed by atoms with Gasteiger partial charge in [0.1, 0.15) is 4.70 Å². The first-order valence-electron chi connectivity index (χ1n) is 10.3. The minimum Gasteiger partial charge on any atom is -0.339 e. The highest BCUT2D eigenvalue weighted by atomic mass is 32.1. The van der Waals surface area contributed by atoms with Gasteiger partial charge in [-0.3, -0.25) is 14.6 Å². The average Bonchev–Trinajstić information content (AvgIpc) is 3.29. The van der Waals surface area contributed by atoms with Crippen molar-refractivity contribution >= 4 is 40.1 Å². The zero-order valence-corrected chi connectivity index (χ0v) is 18.5. The zero-order chi connectivity index (χ0) is 22.0. The lowest BCUT2D eigenvalue weighted by Gasteiger charge is -2.33. The van der Waals surface area contributed by atoms with Crippen LogP contribution in [0.3, 0.4) is 0 Å². The van der Waals surface area contributed by atoms with E-state index < -0.39 is 0 Å². The minimum atomic E-state index is -0.233. The van der Waals surface area contributed by atoms with E-state index in [4.69, 9.17) is 0 Å². The van der Waals surface area contributed by atoms with Gasteiger partial charge in [-0.1, -0.05) is 30.3 Å². The molecule has 1 N–H and O–H groups in total. The van der Waals surface area contributed by atoms with E-state index in [9.17, 15) is 9.59 Å². The number of anilines is 1. The molecule has 7 nitrogen and oxygen atoms in total. The summed E-state index contributed by atoms with van der Waals surface area (Å²) in [5.41, 5.74) is 2.83. The Morgan fingerprint density at radius 1 is 1.23 bits per heavy atom. The van der Waals surface area contributed by atoms with Crippen molar-refractivity contribution < 1.29 is 4.79 Å². The molecule has 0 unspecified atom stereocenters. The van der Waals surface area contributed by atoms with Gasteiger partial charge in [0, 0.05) is 25.4 Å². The first-order valence-corrected chi connectivity index (χ1v) is 11.1. The lowest BCUT2D eigenvalue weighted by Crippen LogP contribution is -2.39. The van der Waals surface area contributed by atoms with Crippen molar-refractivity contribution in [1.82, 2.24) is 14.9 Å². The van der Waals surface area contributed by atoms with Gasteiger partial charge in [-0.2, -0.15) is 5.10 Å². The van der Waals surface area contributed by atoms with Crippen LogP contribution in [0.25, 0.3) is 10.2 Å². The number of rotatable bonds is 5. The molecule has 3 aromatic rings. The molecule has 1 saturated heterocycles. The summed E-state index contributed by atoms with van der Waals surface area (Å²) in [6.45, 7) is 8.59. The largest absolute Gasteiger partial charge is 0.339 e. The summed E-state index contributed by atoms with van der Waals surface area (Å²) in [5.74, 6) is 0.698. The number of nitrogens with zero attached hydrogens (tertiary/aromatic N) is 4. The van der Waals surface area contributed by atoms with Crippen LogP contribution in [0.15, 0.2) is 62.9 Å². The topological polar surface area (TPSA) is 81.7 Å². The fraction of sp³-hybridized carbons (Fsp3) is 0.304. The Bertz CT molecular complexity index is 1190. The SMILES string of the molecule is C=NN(/C(C)=C(\C)C(=O)N1CCC(c2ccccc2)CC1)c1nc2ccsc2c(=O)[nH]1. The quantitative estimate of drug-likeness (QED) is 0.372. The predicted octanol–water partition coefficient (Wildman–Crippen LogP) is 4.11. The maximum absolute atomic E-state index is 13.2. The smallest absolute Gasteiger partial charge is 0.270 e. The molecule has 0 radical (unpaired) electrons. The maximum atomic E-state index is 13.2. The Labute approximate surface area is 184 Å². The van der Waals surface area contributed by atoms with Crippen LogP contribution < -0.4 is 10.6 Å². The Morgan fingerprint density at radius 2 is 1.94 bits per heavy atom. The molecular weight excluding hydrogens is 410 g/mol. The van der Waals surface area contributed by atoms with Crippen molar-refractivity contribution in [3.8, 4) is 0 Å². The van der Waals surface area contributed by atoms with E-state index in [2.05, 4.69) is 46.1 Å². The third kappa shape index (κ3) is 4.16. The van der Waals surface area contributed by atoms with Crippen molar-refractivity contribution in [1.29, 1.82) is 0 Å². The van der Waals surface area contributed by atoms with E-state index in [1.165, 1.54) is 21.9 Å². The molecule has 3 heterocycles. The normalized spacial score (nSPS) is 15.6. The summed E-state index contributed by atoms with van der Waals surface area (Å²) in [4.78, 5) is 34.6. The van der Waals surface area contributed by atoms with Crippen LogP contribution in [-0.2, 0) is 4.79 Å². The molecule has 1 aliphatic rings. The lowest BCUT2D eigenvalue weighted by atomic mass is 9.89. The van der Waals surface area contributed by atoms with Gasteiger partial charge in [0.05, 0.1) is 11.2 Å². The van der Waals surface area contributed by atoms with Crippen LogP contribution >= 0.6 is 11.3 Å². The van der Waals surface area contributed by atoms with Gasteiger partial charge < -0.3 is 4.90 Å². The molecule has 0 saturated carbocycles. The Hall–Kier alpha value is -3.26. The number of fused-ring (bicyclic) bond motifs is 1. The molecule has 1 aliphatic heterocycles. The van der Waals surface area contributed by atoms with Gasteiger partial charge >= 0.3 is 0 Å². The maximum Gasteiger partial charge on any atom is 0.270 e. The number of piperidine rings is 1. The number of nitrogens with one attached hydrogen (secondary N) is 1. The molecule has 0 atom stereocenters. The van der Waals surface area contributed by atoms with Gasteiger partial charge in [0.2, 0.25) is 5.95 Å². The molecule has 0 aliphatic carbocycles. The van der Waals surface area contributed by atoms with Gasteiger partial charge in [-0.15, -0.1) is 11.3 Å². The summed E-state index contributed by atoms with van der Waals surface area (Å²) in [7, 11) is 0. The number of hydrogen-bond donors (Lipinski definition) is 1. The summed E-state index contributed by atoms with van der Waals surface area (Å²) < 4.78 is 0.559. The molecule has 8 heteroatoms. The number of aromatic nitrogens is 2. The zero-order valence-electron chi connectivity index (χ0n) is 17.7. The number of thiophene rings is 1. The second-order valence-corrected chi connectivity index (χ2v) is 8.58. The number of H-pyrrole nitrogens is 1. The standard InChI is InChI=1S/C23H25N5O2S/c1-15(22(30)27-12-9-18(10-13-27)17-7-5-4-6-8-17)16(2)28(24-3)23-25-19-11-14-31-20(19)21(29)26-23/h4-8,11,14,18H,3,9-10,12-13H2,1-2H3,(H,25,26,29)/b16-15+. The van der Waals surface area contributed by atoms with E-state index in [1.54, 1.807) is 19.9 Å². The van der Waals surface area contributed by atoms with Crippen LogP contribution in [0.1, 0.15) is 38.2 Å². The Kier molecular flexibility index (Phi) is 5.99. The average molecular weight is 436 g/mol. The predicted molar refractivity (Wildman–Crippen MR) is 126 cm³/mol. The van der Waals surface area contributed by atoms with Crippen molar-refractivity contribution in [2.45, 2.75) is 32.6 Å². The highest BCUT2D eigenvalue weighted by Crippen LogP contribution is 2.29. The van der Waals surface area contributed by atoms with Crippen LogP contribution in [0.2, 0.25) is 0 Å². The number of carbonyl (C=O) groups is 1. The molecular formula is C23H25N5O2S. The van der Waals surface area contributed by atoms with Crippen LogP contribution in [0.4, 0.5) is 5.95 Å². The molecule has 4 rings (SSSR count). The van der Waals surface area contributed by atoms with Crippen LogP contribution in [-0.4, -0.2) is 40.6 Å². The van der Waals surface area contributed by atoms with E-state index in [-0.39, 0.29) is 17.4 Å². The fourth-order valence-corrected chi connectivity index (χ4v) is 4.71. The third-order valence-corrected chi connectivity index (χ3v) is 6.78. The van der Waals surface area contributed by atoms with Gasteiger partial charge in [-0.05, 0) is 49.6 Å². The number of hydrogen-bond acceptors (Lipinski definition) is 6. The summed E-state index contributed by atoms with van der Waals surface area (Å²) >= 11 is 1.34. The number of allylic oxidation sites excluding steroid dienone is 1. The van der Waals surface area contributed by atoms with Crippen LogP contribution in [0, 0.1) is 0 Å². The highest BCUT2D eigenvalue weighted by molar-refractivity contribution is 7.17. The minimum absolute atomic E-state index is 0.0309. The van der Waals surface area contributed by atoms with Gasteiger partial charge in [0.15, 0.2) is 0 Å². The summed E-state index contributed by atoms with van der Waals surface area (Å²) in [6.07, 6.45) is 1.88. The third-order valence-electron chi connectivity index (χ3n) is 5.88. The molecule has 1 fully saturated rings. The lowest BCUT2D eigenvalue weighted by molar-refractivity contribution is -0.128. The molecule has 2 aromatic heterocycles. The molecule has 1 amide bonds. The van der Waals surface area contributed by atoms with E-state index in [0.29, 0.717) is 40.5 Å². The number of amides is 1. The van der Waals surface area contributed by atoms with E-state index in [0.717, 1.165) is 12.8 Å². The van der Waals surface area contributed by atoms with E-state index in [1.807, 2.05) is 16.3 Å². The number of hydrazone groups is 1. The Balaban J connectivity index is 1.52. The summed E-state index contributed by atoms with van der Waals surface area (Å²) in [5, 5.41) is 7.25. The molecule has 1 aromatic carbocycles. The first kappa shape index (κ1) is 21.0. The molecule has 31 heavy (non-hydrogen) atoms. The number of benzene rings is 1. The molecule has 0 bridgehead atoms. The number of carbonyl (C=O) groups excluding carboxylic acids is 1. The Morgan fingerprint density at radius 3 is 2.61 bits per heavy atom. The second kappa shape index (κ2) is 8.85. The van der Waals surface area contributed by atoms with Gasteiger partial charge in [0.25, 0.3) is 11.5 Å². The van der Waals surface area contributed by atoms with Crippen molar-refractivity contribution in [2.75, 3.05) is 18.1 Å². The first-order chi connectivity index (χ1) is 15.0. The second-order valence-electron chi connectivity index (χ2n) is 7.67. The van der Waals surface area contributed by atoms with Crippen molar-refractivity contribution in [3.63, 3.8) is 0 Å². The number of aromatic amines is 1. The fourth-order valence-electron chi connectivity index (χ4n) is 3.98. The highest BCUT2D eigenvalue weighted by Gasteiger charge is 2.26.